The standard InChI is InChI=1S/C24H34N8O4S/c1-35-19-15-17(3-4-18(19)22-27-20-21(25)28-24(26)30-23(20)29-22)16-5-8-31(9-6-16)7-2-14-37(33,34)32-10-12-36-13-11-32/h3-4,15-16H,2,5-14H2,1H3,(H5,25,26,27,28,29,30). The fourth-order valence-electron chi connectivity index (χ4n) is 5.14. The molecule has 2 aliphatic rings. The molecule has 0 aliphatic carbocycles. The zero-order chi connectivity index (χ0) is 26.0. The smallest absolute Gasteiger partial charge is 0.224 e. The number of anilines is 2. The zero-order valence-corrected chi connectivity index (χ0v) is 21.8. The number of ether oxygens (including phenoxy) is 2. The number of H-pyrrole nitrogens is 1. The molecular formula is C24H34N8O4S. The Labute approximate surface area is 216 Å². The van der Waals surface area contributed by atoms with E-state index in [1.165, 1.54) is 5.56 Å². The van der Waals surface area contributed by atoms with Crippen molar-refractivity contribution in [3.63, 3.8) is 0 Å². The van der Waals surface area contributed by atoms with Gasteiger partial charge in [0.1, 0.15) is 11.6 Å². The highest BCUT2D eigenvalue weighted by Crippen LogP contribution is 2.36. The summed E-state index contributed by atoms with van der Waals surface area (Å²) in [5, 5.41) is 0. The first-order valence-electron chi connectivity index (χ1n) is 12.6. The van der Waals surface area contributed by atoms with Gasteiger partial charge >= 0.3 is 0 Å². The number of fused-ring (bicyclic) bond motifs is 1. The number of methoxy groups -OCH3 is 1. The third-order valence-corrected chi connectivity index (χ3v) is 9.12. The Kier molecular flexibility index (Phi) is 7.47. The molecule has 5 N–H and O–H groups in total. The number of nitrogen functional groups attached to an aromatic ring is 2. The molecule has 2 saturated heterocycles. The lowest BCUT2D eigenvalue weighted by Crippen LogP contribution is -2.42. The van der Waals surface area contributed by atoms with Gasteiger partial charge in [0.15, 0.2) is 17.0 Å². The number of nitrogens with one attached hydrogen (secondary N) is 1. The summed E-state index contributed by atoms with van der Waals surface area (Å²) in [7, 11) is -1.56. The number of nitrogens with zero attached hydrogens (tertiary/aromatic N) is 5. The van der Waals surface area contributed by atoms with Crippen molar-refractivity contribution in [2.45, 2.75) is 25.2 Å². The Bertz CT molecular complexity index is 1350. The minimum Gasteiger partial charge on any atom is -0.496 e. The molecule has 37 heavy (non-hydrogen) atoms. The van der Waals surface area contributed by atoms with Crippen LogP contribution in [0, 0.1) is 0 Å². The van der Waals surface area contributed by atoms with Crippen LogP contribution in [-0.4, -0.2) is 96.4 Å². The summed E-state index contributed by atoms with van der Waals surface area (Å²) in [6.45, 7) is 4.56. The molecule has 12 nitrogen and oxygen atoms in total. The van der Waals surface area contributed by atoms with E-state index < -0.39 is 10.0 Å². The van der Waals surface area contributed by atoms with Gasteiger partial charge < -0.3 is 30.8 Å². The zero-order valence-electron chi connectivity index (χ0n) is 21.0. The first-order chi connectivity index (χ1) is 17.8. The van der Waals surface area contributed by atoms with Gasteiger partial charge in [-0.1, -0.05) is 6.07 Å². The molecule has 0 amide bonds. The molecule has 0 spiro atoms. The van der Waals surface area contributed by atoms with Crippen molar-refractivity contribution in [2.24, 2.45) is 0 Å². The summed E-state index contributed by atoms with van der Waals surface area (Å²) in [6.07, 6.45) is 2.66. The second-order valence-corrected chi connectivity index (χ2v) is 11.6. The topological polar surface area (TPSA) is 166 Å². The van der Waals surface area contributed by atoms with Gasteiger partial charge in [0.05, 0.1) is 31.6 Å². The molecule has 0 saturated carbocycles. The van der Waals surface area contributed by atoms with Crippen LogP contribution in [-0.2, 0) is 14.8 Å². The fraction of sp³-hybridized carbons (Fsp3) is 0.542. The lowest BCUT2D eigenvalue weighted by Gasteiger charge is -2.32. The summed E-state index contributed by atoms with van der Waals surface area (Å²) >= 11 is 0. The van der Waals surface area contributed by atoms with E-state index in [0.717, 1.165) is 38.0 Å². The van der Waals surface area contributed by atoms with Gasteiger partial charge in [-0.05, 0) is 62.5 Å². The van der Waals surface area contributed by atoms with Crippen molar-refractivity contribution >= 4 is 33.0 Å². The maximum atomic E-state index is 12.6. The number of morpholine rings is 1. The van der Waals surface area contributed by atoms with Crippen molar-refractivity contribution in [1.29, 1.82) is 0 Å². The minimum absolute atomic E-state index is 0.0904. The normalized spacial score (nSPS) is 18.4. The number of aromatic amines is 1. The molecule has 2 fully saturated rings. The summed E-state index contributed by atoms with van der Waals surface area (Å²) in [6, 6.07) is 6.19. The predicted molar refractivity (Wildman–Crippen MR) is 142 cm³/mol. The van der Waals surface area contributed by atoms with Crippen molar-refractivity contribution < 1.29 is 17.9 Å². The van der Waals surface area contributed by atoms with E-state index in [1.54, 1.807) is 11.4 Å². The lowest BCUT2D eigenvalue weighted by atomic mass is 9.88. The highest BCUT2D eigenvalue weighted by Gasteiger charge is 2.26. The number of imidazole rings is 1. The molecule has 13 heteroatoms. The minimum atomic E-state index is -3.20. The molecule has 1 aromatic carbocycles. The lowest BCUT2D eigenvalue weighted by molar-refractivity contribution is 0.0730. The number of hydrogen-bond acceptors (Lipinski definition) is 10. The van der Waals surface area contributed by atoms with Crippen molar-refractivity contribution in [1.82, 2.24) is 29.1 Å². The Morgan fingerprint density at radius 2 is 1.86 bits per heavy atom. The molecule has 3 aromatic rings. The number of piperidine rings is 1. The van der Waals surface area contributed by atoms with E-state index >= 15 is 0 Å². The summed E-state index contributed by atoms with van der Waals surface area (Å²) in [5.74, 6) is 2.22. The molecular weight excluding hydrogens is 496 g/mol. The van der Waals surface area contributed by atoms with Gasteiger partial charge in [-0.3, -0.25) is 0 Å². The van der Waals surface area contributed by atoms with Crippen LogP contribution in [0.1, 0.15) is 30.7 Å². The maximum absolute atomic E-state index is 12.6. The van der Waals surface area contributed by atoms with Crippen LogP contribution in [0.4, 0.5) is 11.8 Å². The van der Waals surface area contributed by atoms with Crippen LogP contribution in [0.25, 0.3) is 22.6 Å². The second-order valence-electron chi connectivity index (χ2n) is 9.51. The molecule has 0 bridgehead atoms. The molecule has 200 valence electrons. The van der Waals surface area contributed by atoms with Gasteiger partial charge in [-0.2, -0.15) is 14.3 Å². The third-order valence-electron chi connectivity index (χ3n) is 7.17. The van der Waals surface area contributed by atoms with E-state index in [-0.39, 0.29) is 17.5 Å². The van der Waals surface area contributed by atoms with E-state index in [4.69, 9.17) is 20.9 Å². The van der Waals surface area contributed by atoms with E-state index in [0.29, 0.717) is 61.4 Å². The molecule has 2 aromatic heterocycles. The molecule has 0 radical (unpaired) electrons. The summed E-state index contributed by atoms with van der Waals surface area (Å²) in [4.78, 5) is 18.2. The number of hydrogen-bond donors (Lipinski definition) is 3. The Morgan fingerprint density at radius 3 is 2.59 bits per heavy atom. The number of likely N-dealkylation sites (tertiary alicyclic amines) is 1. The third kappa shape index (κ3) is 5.64. The van der Waals surface area contributed by atoms with Gasteiger partial charge in [-0.15, -0.1) is 0 Å². The van der Waals surface area contributed by atoms with E-state index in [1.807, 2.05) is 6.07 Å². The van der Waals surface area contributed by atoms with Crippen LogP contribution in [0.15, 0.2) is 18.2 Å². The maximum Gasteiger partial charge on any atom is 0.224 e. The number of nitrogens with two attached hydrogens (primary N) is 2. The van der Waals surface area contributed by atoms with Gasteiger partial charge in [-0.25, -0.2) is 13.4 Å². The molecule has 4 heterocycles. The largest absolute Gasteiger partial charge is 0.496 e. The van der Waals surface area contributed by atoms with Crippen molar-refractivity contribution in [3.8, 4) is 17.1 Å². The molecule has 0 unspecified atom stereocenters. The Hall–Kier alpha value is -3.00. The van der Waals surface area contributed by atoms with Crippen LogP contribution >= 0.6 is 0 Å². The number of sulfonamides is 1. The monoisotopic (exact) mass is 530 g/mol. The summed E-state index contributed by atoms with van der Waals surface area (Å²) < 4.78 is 37.6. The molecule has 5 rings (SSSR count). The van der Waals surface area contributed by atoms with Crippen LogP contribution in [0.2, 0.25) is 0 Å². The molecule has 0 atom stereocenters. The highest BCUT2D eigenvalue weighted by atomic mass is 32.2. The van der Waals surface area contributed by atoms with Crippen LogP contribution < -0.4 is 16.2 Å². The summed E-state index contributed by atoms with van der Waals surface area (Å²) in [5.41, 5.74) is 14.6. The number of benzene rings is 1. The number of rotatable bonds is 8. The predicted octanol–water partition coefficient (Wildman–Crippen LogP) is 1.42. The average Bonchev–Trinajstić information content (AvgIpc) is 3.33. The van der Waals surface area contributed by atoms with Crippen LogP contribution in [0.3, 0.4) is 0 Å². The Balaban J connectivity index is 1.19. The average molecular weight is 531 g/mol. The van der Waals surface area contributed by atoms with Crippen molar-refractivity contribution in [3.05, 3.63) is 23.8 Å². The van der Waals surface area contributed by atoms with Gasteiger partial charge in [0, 0.05) is 13.1 Å². The Morgan fingerprint density at radius 1 is 1.11 bits per heavy atom. The second kappa shape index (κ2) is 10.8. The first kappa shape index (κ1) is 25.6. The van der Waals surface area contributed by atoms with Gasteiger partial charge in [0.2, 0.25) is 16.0 Å². The van der Waals surface area contributed by atoms with E-state index in [9.17, 15) is 8.42 Å². The van der Waals surface area contributed by atoms with Gasteiger partial charge in [0.25, 0.3) is 0 Å². The quantitative estimate of drug-likeness (QED) is 0.388. The SMILES string of the molecule is COc1cc(C2CCN(CCCS(=O)(=O)N3CCOCC3)CC2)ccc1-c1nc2c(N)nc(N)nc2[nH]1. The molecule has 2 aliphatic heterocycles. The highest BCUT2D eigenvalue weighted by molar-refractivity contribution is 7.89. The van der Waals surface area contributed by atoms with Crippen LogP contribution in [0.5, 0.6) is 5.75 Å². The first-order valence-corrected chi connectivity index (χ1v) is 14.2. The number of aromatic nitrogens is 4. The fourth-order valence-corrected chi connectivity index (χ4v) is 6.60. The van der Waals surface area contributed by atoms with E-state index in [2.05, 4.69) is 37.0 Å². The van der Waals surface area contributed by atoms with Crippen molar-refractivity contribution in [2.75, 3.05) is 70.3 Å².